The van der Waals surface area contributed by atoms with Crippen LogP contribution in [0.1, 0.15) is 35.0 Å². The van der Waals surface area contributed by atoms with E-state index in [4.69, 9.17) is 4.42 Å². The summed E-state index contributed by atoms with van der Waals surface area (Å²) in [5, 5.41) is 0. The van der Waals surface area contributed by atoms with E-state index in [0.717, 1.165) is 31.7 Å². The molecule has 1 atom stereocenters. The van der Waals surface area contributed by atoms with Crippen molar-refractivity contribution in [1.29, 1.82) is 0 Å². The quantitative estimate of drug-likeness (QED) is 0.743. The number of furan rings is 1. The molecule has 0 spiro atoms. The predicted molar refractivity (Wildman–Crippen MR) is 95.2 cm³/mol. The molecule has 0 aliphatic carbocycles. The Labute approximate surface area is 153 Å². The lowest BCUT2D eigenvalue weighted by Crippen LogP contribution is -2.36. The number of rotatable bonds is 7. The van der Waals surface area contributed by atoms with Crippen LogP contribution < -0.4 is 4.72 Å². The van der Waals surface area contributed by atoms with E-state index >= 15 is 0 Å². The Balaban J connectivity index is 1.72. The summed E-state index contributed by atoms with van der Waals surface area (Å²) >= 11 is 0. The van der Waals surface area contributed by atoms with Crippen molar-refractivity contribution in [2.24, 2.45) is 0 Å². The second kappa shape index (κ2) is 8.03. The summed E-state index contributed by atoms with van der Waals surface area (Å²) in [7, 11) is -2.42. The molecule has 1 fully saturated rings. The molecule has 0 amide bonds. The summed E-state index contributed by atoms with van der Waals surface area (Å²) in [6.45, 7) is 2.05. The molecule has 2 heterocycles. The van der Waals surface area contributed by atoms with Gasteiger partial charge in [0.1, 0.15) is 5.76 Å². The number of esters is 1. The van der Waals surface area contributed by atoms with E-state index in [1.165, 1.54) is 31.4 Å². The normalized spacial score (nSPS) is 16.5. The molecular weight excluding hydrogens is 356 g/mol. The molecule has 2 aromatic rings. The molecular formula is C18H22N2O5S. The molecule has 0 unspecified atom stereocenters. The molecule has 1 aromatic carbocycles. The van der Waals surface area contributed by atoms with E-state index in [0.29, 0.717) is 5.56 Å². The maximum atomic E-state index is 12.6. The zero-order valence-electron chi connectivity index (χ0n) is 14.6. The van der Waals surface area contributed by atoms with E-state index in [1.54, 1.807) is 12.3 Å². The largest absolute Gasteiger partial charge is 0.468 e. The van der Waals surface area contributed by atoms with Crippen LogP contribution in [-0.2, 0) is 14.8 Å². The van der Waals surface area contributed by atoms with E-state index in [2.05, 4.69) is 14.4 Å². The van der Waals surface area contributed by atoms with Gasteiger partial charge in [-0.2, -0.15) is 0 Å². The van der Waals surface area contributed by atoms with Crippen LogP contribution in [0.2, 0.25) is 0 Å². The second-order valence-electron chi connectivity index (χ2n) is 6.14. The maximum absolute atomic E-state index is 12.6. The van der Waals surface area contributed by atoms with Crippen LogP contribution in [0.5, 0.6) is 0 Å². The molecule has 1 N–H and O–H groups in total. The van der Waals surface area contributed by atoms with Crippen LogP contribution in [0.15, 0.2) is 52.0 Å². The number of hydrogen-bond donors (Lipinski definition) is 1. The first-order valence-electron chi connectivity index (χ1n) is 8.47. The number of likely N-dealkylation sites (tertiary alicyclic amines) is 1. The SMILES string of the molecule is COC(=O)c1ccc(S(=O)(=O)NC[C@@H](c2ccco2)N2CCCC2)cc1. The summed E-state index contributed by atoms with van der Waals surface area (Å²) < 4.78 is 38.0. The zero-order chi connectivity index (χ0) is 18.6. The maximum Gasteiger partial charge on any atom is 0.337 e. The number of ether oxygens (including phenoxy) is 1. The van der Waals surface area contributed by atoms with Gasteiger partial charge in [-0.1, -0.05) is 0 Å². The van der Waals surface area contributed by atoms with Gasteiger partial charge in [0, 0.05) is 6.54 Å². The van der Waals surface area contributed by atoms with Crippen molar-refractivity contribution in [1.82, 2.24) is 9.62 Å². The number of benzene rings is 1. The van der Waals surface area contributed by atoms with Gasteiger partial charge in [-0.3, -0.25) is 4.90 Å². The highest BCUT2D eigenvalue weighted by Gasteiger charge is 2.27. The van der Waals surface area contributed by atoms with Gasteiger partial charge in [-0.15, -0.1) is 0 Å². The highest BCUT2D eigenvalue weighted by atomic mass is 32.2. The fraction of sp³-hybridized carbons (Fsp3) is 0.389. The van der Waals surface area contributed by atoms with Crippen LogP contribution in [0.4, 0.5) is 0 Å². The van der Waals surface area contributed by atoms with Crippen LogP contribution >= 0.6 is 0 Å². The third-order valence-corrected chi connectivity index (χ3v) is 5.94. The first kappa shape index (κ1) is 18.6. The Morgan fingerprint density at radius 1 is 1.23 bits per heavy atom. The van der Waals surface area contributed by atoms with Crippen LogP contribution in [-0.4, -0.2) is 46.0 Å². The second-order valence-corrected chi connectivity index (χ2v) is 7.91. The van der Waals surface area contributed by atoms with E-state index in [-0.39, 0.29) is 17.5 Å². The first-order chi connectivity index (χ1) is 12.5. The standard InChI is InChI=1S/C18H22N2O5S/c1-24-18(21)14-6-8-15(9-7-14)26(22,23)19-13-16(17-5-4-12-25-17)20-10-2-3-11-20/h4-9,12,16,19H,2-3,10-11,13H2,1H3/t16-/m0/s1. The van der Waals surface area contributed by atoms with E-state index in [9.17, 15) is 13.2 Å². The van der Waals surface area contributed by atoms with Crippen molar-refractivity contribution in [2.45, 2.75) is 23.8 Å². The van der Waals surface area contributed by atoms with Gasteiger partial charge in [-0.25, -0.2) is 17.9 Å². The van der Waals surface area contributed by atoms with Gasteiger partial charge < -0.3 is 9.15 Å². The van der Waals surface area contributed by atoms with Gasteiger partial charge in [-0.05, 0) is 62.3 Å². The molecule has 1 aromatic heterocycles. The van der Waals surface area contributed by atoms with Gasteiger partial charge in [0.25, 0.3) is 0 Å². The summed E-state index contributed by atoms with van der Waals surface area (Å²) in [6.07, 6.45) is 3.79. The fourth-order valence-electron chi connectivity index (χ4n) is 3.10. The van der Waals surface area contributed by atoms with Crippen molar-refractivity contribution in [3.8, 4) is 0 Å². The third-order valence-electron chi connectivity index (χ3n) is 4.51. The van der Waals surface area contributed by atoms with Crippen molar-refractivity contribution in [2.75, 3.05) is 26.7 Å². The van der Waals surface area contributed by atoms with Gasteiger partial charge >= 0.3 is 5.97 Å². The van der Waals surface area contributed by atoms with Crippen LogP contribution in [0.3, 0.4) is 0 Å². The molecule has 8 heteroatoms. The monoisotopic (exact) mass is 378 g/mol. The average molecular weight is 378 g/mol. The lowest BCUT2D eigenvalue weighted by molar-refractivity contribution is 0.0600. The van der Waals surface area contributed by atoms with Crippen molar-refractivity contribution in [3.63, 3.8) is 0 Å². The number of carbonyl (C=O) groups is 1. The highest BCUT2D eigenvalue weighted by Crippen LogP contribution is 2.25. The number of sulfonamides is 1. The average Bonchev–Trinajstić information content (AvgIpc) is 3.36. The smallest absolute Gasteiger partial charge is 0.337 e. The predicted octanol–water partition coefficient (Wildman–Crippen LogP) is 2.18. The number of hydrogen-bond acceptors (Lipinski definition) is 6. The lowest BCUT2D eigenvalue weighted by atomic mass is 10.2. The number of carbonyl (C=O) groups excluding carboxylic acids is 1. The number of nitrogens with one attached hydrogen (secondary N) is 1. The molecule has 1 saturated heterocycles. The Bertz CT molecular complexity index is 825. The van der Waals surface area contributed by atoms with Crippen molar-refractivity contribution >= 4 is 16.0 Å². The Morgan fingerprint density at radius 2 is 1.92 bits per heavy atom. The highest BCUT2D eigenvalue weighted by molar-refractivity contribution is 7.89. The number of methoxy groups -OCH3 is 1. The molecule has 7 nitrogen and oxygen atoms in total. The molecule has 26 heavy (non-hydrogen) atoms. The summed E-state index contributed by atoms with van der Waals surface area (Å²) in [6, 6.07) is 9.19. The molecule has 1 aliphatic rings. The summed E-state index contributed by atoms with van der Waals surface area (Å²) in [4.78, 5) is 13.8. The Hall–Kier alpha value is -2.16. The topological polar surface area (TPSA) is 88.8 Å². The van der Waals surface area contributed by atoms with Gasteiger partial charge in [0.05, 0.1) is 29.9 Å². The number of nitrogens with zero attached hydrogens (tertiary/aromatic N) is 1. The van der Waals surface area contributed by atoms with Gasteiger partial charge in [0.2, 0.25) is 10.0 Å². The van der Waals surface area contributed by atoms with E-state index < -0.39 is 16.0 Å². The minimum absolute atomic E-state index is 0.102. The molecule has 0 bridgehead atoms. The molecule has 0 saturated carbocycles. The molecule has 0 radical (unpaired) electrons. The summed E-state index contributed by atoms with van der Waals surface area (Å²) in [5.74, 6) is 0.240. The summed E-state index contributed by atoms with van der Waals surface area (Å²) in [5.41, 5.74) is 0.303. The Kier molecular flexibility index (Phi) is 5.75. The van der Waals surface area contributed by atoms with Crippen molar-refractivity contribution < 1.29 is 22.4 Å². The van der Waals surface area contributed by atoms with Crippen LogP contribution in [0.25, 0.3) is 0 Å². The van der Waals surface area contributed by atoms with Gasteiger partial charge in [0.15, 0.2) is 0 Å². The van der Waals surface area contributed by atoms with Crippen molar-refractivity contribution in [3.05, 3.63) is 54.0 Å². The Morgan fingerprint density at radius 3 is 2.50 bits per heavy atom. The molecule has 3 rings (SSSR count). The fourth-order valence-corrected chi connectivity index (χ4v) is 4.14. The zero-order valence-corrected chi connectivity index (χ0v) is 15.4. The third kappa shape index (κ3) is 4.14. The molecule has 1 aliphatic heterocycles. The van der Waals surface area contributed by atoms with E-state index in [1.807, 2.05) is 6.07 Å². The minimum Gasteiger partial charge on any atom is -0.468 e. The first-order valence-corrected chi connectivity index (χ1v) is 9.95. The minimum atomic E-state index is -3.70. The van der Waals surface area contributed by atoms with Crippen LogP contribution in [0, 0.1) is 0 Å². The lowest BCUT2D eigenvalue weighted by Gasteiger charge is -2.25. The molecule has 140 valence electrons.